The summed E-state index contributed by atoms with van der Waals surface area (Å²) in [5, 5.41) is 3.47. The van der Waals surface area contributed by atoms with E-state index >= 15 is 0 Å². The number of oxazole rings is 2. The lowest BCUT2D eigenvalue weighted by Gasteiger charge is -2.26. The number of aromatic nitrogens is 2. The Bertz CT molecular complexity index is 2340. The number of ether oxygens (including phenoxy) is 1. The quantitative estimate of drug-likeness (QED) is 0.205. The summed E-state index contributed by atoms with van der Waals surface area (Å²) in [5.41, 5.74) is 12.5. The number of nitrogens with one attached hydrogen (secondary N) is 1. The lowest BCUT2D eigenvalue weighted by molar-refractivity contribution is 0.260. The van der Waals surface area contributed by atoms with E-state index in [1.54, 1.807) is 0 Å². The molecule has 7 nitrogen and oxygen atoms in total. The minimum atomic E-state index is -0.247. The van der Waals surface area contributed by atoms with Crippen molar-refractivity contribution in [1.82, 2.24) is 9.97 Å². The molecule has 3 heterocycles. The molecule has 9 heteroatoms. The van der Waals surface area contributed by atoms with E-state index in [9.17, 15) is 0 Å². The molecule has 1 unspecified atom stereocenters. The van der Waals surface area contributed by atoms with Gasteiger partial charge >= 0.3 is 0 Å². The first-order valence-electron chi connectivity index (χ1n) is 15.9. The highest BCUT2D eigenvalue weighted by Crippen LogP contribution is 2.40. The molecule has 1 N–H and O–H groups in total. The summed E-state index contributed by atoms with van der Waals surface area (Å²) in [6, 6.07) is 45.0. The number of anilines is 4. The van der Waals surface area contributed by atoms with Crippen LogP contribution in [0.1, 0.15) is 11.8 Å². The van der Waals surface area contributed by atoms with E-state index < -0.39 is 0 Å². The van der Waals surface area contributed by atoms with Crippen molar-refractivity contribution in [2.75, 3.05) is 10.2 Å². The van der Waals surface area contributed by atoms with Crippen LogP contribution in [0, 0.1) is 0 Å². The van der Waals surface area contributed by atoms with Crippen LogP contribution in [0.5, 0.6) is 5.75 Å². The van der Waals surface area contributed by atoms with Gasteiger partial charge in [-0.25, -0.2) is 9.97 Å². The Balaban J connectivity index is 1.06. The topological polar surface area (TPSA) is 76.6 Å². The molecule has 48 heavy (non-hydrogen) atoms. The zero-order chi connectivity index (χ0) is 32.2. The van der Waals surface area contributed by atoms with E-state index in [0.29, 0.717) is 11.8 Å². The van der Waals surface area contributed by atoms with Gasteiger partial charge in [0.25, 0.3) is 0 Å². The van der Waals surface area contributed by atoms with Gasteiger partial charge in [0, 0.05) is 33.8 Å². The van der Waals surface area contributed by atoms with Crippen molar-refractivity contribution in [3.63, 3.8) is 0 Å². The van der Waals surface area contributed by atoms with Crippen molar-refractivity contribution >= 4 is 71.6 Å². The molecular formula is C39H28B2N4O3. The van der Waals surface area contributed by atoms with Gasteiger partial charge < -0.3 is 23.8 Å². The predicted molar refractivity (Wildman–Crippen MR) is 197 cm³/mol. The first kappa shape index (κ1) is 28.0. The molecule has 1 atom stereocenters. The van der Waals surface area contributed by atoms with Crippen molar-refractivity contribution in [2.24, 2.45) is 0 Å². The van der Waals surface area contributed by atoms with Gasteiger partial charge in [0.15, 0.2) is 17.4 Å². The van der Waals surface area contributed by atoms with Crippen LogP contribution in [0.2, 0.25) is 0 Å². The van der Waals surface area contributed by atoms with Gasteiger partial charge in [-0.05, 0) is 97.1 Å². The molecule has 1 aliphatic rings. The number of fused-ring (bicyclic) bond motifs is 3. The second kappa shape index (κ2) is 11.2. The molecule has 0 radical (unpaired) electrons. The first-order valence-corrected chi connectivity index (χ1v) is 15.9. The van der Waals surface area contributed by atoms with Crippen LogP contribution in [0.15, 0.2) is 142 Å². The predicted octanol–water partition coefficient (Wildman–Crippen LogP) is 6.79. The molecule has 0 aliphatic carbocycles. The highest BCUT2D eigenvalue weighted by atomic mass is 16.5. The number of hydrogen-bond donors (Lipinski definition) is 1. The second-order valence-electron chi connectivity index (χ2n) is 12.1. The average Bonchev–Trinajstić information content (AvgIpc) is 3.86. The van der Waals surface area contributed by atoms with Crippen molar-refractivity contribution in [3.8, 4) is 28.7 Å². The average molecular weight is 622 g/mol. The van der Waals surface area contributed by atoms with Gasteiger partial charge in [0.05, 0.1) is 5.69 Å². The smallest absolute Gasteiger partial charge is 0.227 e. The van der Waals surface area contributed by atoms with E-state index in [1.165, 1.54) is 10.9 Å². The molecule has 2 aromatic heterocycles. The molecule has 0 spiro atoms. The van der Waals surface area contributed by atoms with Gasteiger partial charge in [-0.3, -0.25) is 0 Å². The third-order valence-corrected chi connectivity index (χ3v) is 8.92. The van der Waals surface area contributed by atoms with E-state index in [-0.39, 0.29) is 6.23 Å². The number of benzene rings is 6. The molecule has 0 amide bonds. The number of para-hydroxylation sites is 4. The van der Waals surface area contributed by atoms with Crippen LogP contribution >= 0.6 is 0 Å². The standard InChI is InChI=1S/C39H28B2N4O3/c40-29-21-33-36(22-30(29)41)48-39(44-33)25-13-19-28(20-14-25)45(26-15-9-23(10-16-26)37-42-31-5-1-3-7-34(31)46-37)27-17-11-24(12-18-27)38-43-32-6-2-4-8-35(32)47-38/h1-22,37,42H,40-41H2. The van der Waals surface area contributed by atoms with Gasteiger partial charge in [0.1, 0.15) is 32.5 Å². The molecule has 228 valence electrons. The molecular weight excluding hydrogens is 594 g/mol. The van der Waals surface area contributed by atoms with E-state index in [4.69, 9.17) is 18.6 Å². The fourth-order valence-electron chi connectivity index (χ4n) is 6.19. The van der Waals surface area contributed by atoms with Crippen molar-refractivity contribution in [1.29, 1.82) is 0 Å². The summed E-state index contributed by atoms with van der Waals surface area (Å²) >= 11 is 0. The Labute approximate surface area is 278 Å². The summed E-state index contributed by atoms with van der Waals surface area (Å²) < 4.78 is 18.4. The lowest BCUT2D eigenvalue weighted by Crippen LogP contribution is -2.24. The van der Waals surface area contributed by atoms with Crippen LogP contribution < -0.4 is 25.9 Å². The van der Waals surface area contributed by atoms with E-state index in [0.717, 1.165) is 67.4 Å². The molecule has 0 bridgehead atoms. The lowest BCUT2D eigenvalue weighted by atomic mass is 9.81. The zero-order valence-electron chi connectivity index (χ0n) is 26.3. The van der Waals surface area contributed by atoms with Crippen LogP contribution in [0.4, 0.5) is 22.7 Å². The van der Waals surface area contributed by atoms with Crippen LogP contribution in [0.25, 0.3) is 45.1 Å². The fraction of sp³-hybridized carbons (Fsp3) is 0.0256. The Morgan fingerprint density at radius 2 is 1.12 bits per heavy atom. The SMILES string of the molecule is Bc1cc2nc(-c3ccc(N(c4ccc(-c5nc6ccccc6o5)cc4)c4ccc(C5Nc6ccccc6O5)cc4)cc3)oc2cc1B. The zero-order valence-corrected chi connectivity index (χ0v) is 26.3. The maximum atomic E-state index is 6.18. The normalized spacial score (nSPS) is 13.7. The molecule has 6 aromatic carbocycles. The van der Waals surface area contributed by atoms with Crippen LogP contribution in [-0.4, -0.2) is 25.7 Å². The number of nitrogens with zero attached hydrogens (tertiary/aromatic N) is 3. The maximum absolute atomic E-state index is 6.18. The van der Waals surface area contributed by atoms with Gasteiger partial charge in [-0.1, -0.05) is 47.3 Å². The number of rotatable bonds is 6. The summed E-state index contributed by atoms with van der Waals surface area (Å²) in [4.78, 5) is 11.7. The molecule has 0 saturated carbocycles. The van der Waals surface area contributed by atoms with Crippen molar-refractivity contribution in [2.45, 2.75) is 6.23 Å². The van der Waals surface area contributed by atoms with Gasteiger partial charge in [0.2, 0.25) is 11.8 Å². The minimum Gasteiger partial charge on any atom is -0.464 e. The molecule has 0 saturated heterocycles. The Kier molecular flexibility index (Phi) is 6.57. The molecule has 0 fully saturated rings. The van der Waals surface area contributed by atoms with Crippen molar-refractivity contribution in [3.05, 3.63) is 139 Å². The molecule has 1 aliphatic heterocycles. The highest BCUT2D eigenvalue weighted by Gasteiger charge is 2.23. The second-order valence-corrected chi connectivity index (χ2v) is 12.1. The largest absolute Gasteiger partial charge is 0.464 e. The molecule has 9 rings (SSSR count). The summed E-state index contributed by atoms with van der Waals surface area (Å²) in [6.45, 7) is 0. The summed E-state index contributed by atoms with van der Waals surface area (Å²) in [6.07, 6.45) is -0.247. The Hall–Kier alpha value is -6.21. The molecule has 8 aromatic rings. The van der Waals surface area contributed by atoms with Gasteiger partial charge in [-0.15, -0.1) is 0 Å². The highest BCUT2D eigenvalue weighted by molar-refractivity contribution is 6.49. The Morgan fingerprint density at radius 1 is 0.562 bits per heavy atom. The maximum Gasteiger partial charge on any atom is 0.227 e. The monoisotopic (exact) mass is 622 g/mol. The van der Waals surface area contributed by atoms with Crippen LogP contribution in [-0.2, 0) is 0 Å². The fourth-order valence-corrected chi connectivity index (χ4v) is 6.19. The summed E-state index contributed by atoms with van der Waals surface area (Å²) in [5.74, 6) is 2.05. The first-order chi connectivity index (χ1) is 23.6. The van der Waals surface area contributed by atoms with Crippen LogP contribution in [0.3, 0.4) is 0 Å². The third-order valence-electron chi connectivity index (χ3n) is 8.92. The van der Waals surface area contributed by atoms with E-state index in [1.807, 2.05) is 60.7 Å². The van der Waals surface area contributed by atoms with Crippen molar-refractivity contribution < 1.29 is 13.6 Å². The third kappa shape index (κ3) is 4.97. The summed E-state index contributed by atoms with van der Waals surface area (Å²) in [7, 11) is 4.18. The number of hydrogen-bond acceptors (Lipinski definition) is 7. The Morgan fingerprint density at radius 3 is 1.79 bits per heavy atom. The minimum absolute atomic E-state index is 0.247. The van der Waals surface area contributed by atoms with Gasteiger partial charge in [-0.2, -0.15) is 0 Å². The van der Waals surface area contributed by atoms with E-state index in [2.05, 4.69) is 104 Å².